The summed E-state index contributed by atoms with van der Waals surface area (Å²) in [7, 11) is 0. The highest BCUT2D eigenvalue weighted by Gasteiger charge is 2.07. The summed E-state index contributed by atoms with van der Waals surface area (Å²) in [5.74, 6) is 0. The Balaban J connectivity index is 2.13. The van der Waals surface area contributed by atoms with Gasteiger partial charge in [0.05, 0.1) is 6.10 Å². The number of aliphatic hydroxyl groups is 1. The largest absolute Gasteiger partial charge is 0.388 e. The van der Waals surface area contributed by atoms with Gasteiger partial charge in [0.25, 0.3) is 0 Å². The van der Waals surface area contributed by atoms with E-state index >= 15 is 0 Å². The zero-order chi connectivity index (χ0) is 14.8. The predicted molar refractivity (Wildman–Crippen MR) is 88.1 cm³/mol. The van der Waals surface area contributed by atoms with Crippen molar-refractivity contribution in [1.29, 1.82) is 0 Å². The summed E-state index contributed by atoms with van der Waals surface area (Å²) in [6.07, 6.45) is 11.2. The van der Waals surface area contributed by atoms with E-state index in [0.717, 1.165) is 18.4 Å². The molecule has 1 aromatic rings. The van der Waals surface area contributed by atoms with E-state index in [2.05, 4.69) is 39.0 Å². The molecular weight excluding hydrogens is 244 g/mol. The molecule has 0 aliphatic carbocycles. The number of hydrogen-bond donors (Lipinski definition) is 1. The van der Waals surface area contributed by atoms with Crippen LogP contribution in [0.3, 0.4) is 0 Å². The van der Waals surface area contributed by atoms with Crippen LogP contribution in [0.4, 0.5) is 0 Å². The van der Waals surface area contributed by atoms with Gasteiger partial charge >= 0.3 is 0 Å². The molecule has 1 nitrogen and oxygen atoms in total. The summed E-state index contributed by atoms with van der Waals surface area (Å²) in [4.78, 5) is 0. The Kier molecular flexibility index (Phi) is 8.60. The van der Waals surface area contributed by atoms with Gasteiger partial charge in [-0.3, -0.25) is 0 Å². The highest BCUT2D eigenvalue weighted by Crippen LogP contribution is 2.22. The van der Waals surface area contributed by atoms with Crippen molar-refractivity contribution in [3.05, 3.63) is 34.9 Å². The van der Waals surface area contributed by atoms with Crippen LogP contribution in [0.2, 0.25) is 0 Å². The molecule has 1 rings (SSSR count). The maximum atomic E-state index is 10.2. The number of hydrogen-bond acceptors (Lipinski definition) is 1. The minimum atomic E-state index is -0.283. The van der Waals surface area contributed by atoms with E-state index in [1.807, 2.05) is 0 Å². The third-order valence-electron chi connectivity index (χ3n) is 4.25. The van der Waals surface area contributed by atoms with E-state index in [1.165, 1.54) is 56.1 Å². The van der Waals surface area contributed by atoms with Crippen LogP contribution in [0.5, 0.6) is 0 Å². The lowest BCUT2D eigenvalue weighted by atomic mass is 9.98. The molecule has 0 aliphatic heterocycles. The minimum absolute atomic E-state index is 0.283. The fraction of sp³-hybridized carbons (Fsp3) is 0.684. The van der Waals surface area contributed by atoms with Crippen molar-refractivity contribution in [2.45, 2.75) is 84.7 Å². The standard InChI is InChI=1S/C19H32O/c1-4-5-6-7-8-9-10-11-12-19(20)18-14-13-16(2)17(3)15-18/h13-15,19-20H,4-12H2,1-3H3. The minimum Gasteiger partial charge on any atom is -0.388 e. The molecular formula is C19H32O. The van der Waals surface area contributed by atoms with Gasteiger partial charge in [-0.2, -0.15) is 0 Å². The molecule has 0 saturated heterocycles. The van der Waals surface area contributed by atoms with E-state index in [0.29, 0.717) is 0 Å². The number of aliphatic hydroxyl groups excluding tert-OH is 1. The molecule has 0 amide bonds. The Hall–Kier alpha value is -0.820. The van der Waals surface area contributed by atoms with Crippen molar-refractivity contribution in [2.24, 2.45) is 0 Å². The van der Waals surface area contributed by atoms with Gasteiger partial charge in [0.2, 0.25) is 0 Å². The highest BCUT2D eigenvalue weighted by molar-refractivity contribution is 5.30. The maximum Gasteiger partial charge on any atom is 0.0790 e. The van der Waals surface area contributed by atoms with Gasteiger partial charge in [-0.1, -0.05) is 76.5 Å². The summed E-state index contributed by atoms with van der Waals surface area (Å²) in [5, 5.41) is 10.2. The summed E-state index contributed by atoms with van der Waals surface area (Å²) in [6.45, 7) is 6.49. The first-order valence-corrected chi connectivity index (χ1v) is 8.40. The first-order chi connectivity index (χ1) is 9.65. The van der Waals surface area contributed by atoms with E-state index in [4.69, 9.17) is 0 Å². The molecule has 0 saturated carbocycles. The molecule has 0 aromatic heterocycles. The Morgan fingerprint density at radius 3 is 2.05 bits per heavy atom. The fourth-order valence-corrected chi connectivity index (χ4v) is 2.61. The molecule has 1 heteroatoms. The Labute approximate surface area is 125 Å². The summed E-state index contributed by atoms with van der Waals surface area (Å²) in [6, 6.07) is 6.31. The van der Waals surface area contributed by atoms with Crippen LogP contribution >= 0.6 is 0 Å². The average Bonchev–Trinajstić information content (AvgIpc) is 2.44. The van der Waals surface area contributed by atoms with Gasteiger partial charge in [0.15, 0.2) is 0 Å². The monoisotopic (exact) mass is 276 g/mol. The summed E-state index contributed by atoms with van der Waals surface area (Å²) in [5.41, 5.74) is 3.65. The lowest BCUT2D eigenvalue weighted by Crippen LogP contribution is -1.98. The van der Waals surface area contributed by atoms with Gasteiger partial charge in [-0.25, -0.2) is 0 Å². The Morgan fingerprint density at radius 2 is 1.45 bits per heavy atom. The molecule has 114 valence electrons. The van der Waals surface area contributed by atoms with Gasteiger partial charge in [-0.15, -0.1) is 0 Å². The molecule has 1 unspecified atom stereocenters. The van der Waals surface area contributed by atoms with Crippen LogP contribution < -0.4 is 0 Å². The number of aryl methyl sites for hydroxylation is 2. The van der Waals surface area contributed by atoms with Crippen molar-refractivity contribution in [2.75, 3.05) is 0 Å². The lowest BCUT2D eigenvalue weighted by molar-refractivity contribution is 0.163. The van der Waals surface area contributed by atoms with Crippen LogP contribution in [-0.4, -0.2) is 5.11 Å². The third kappa shape index (κ3) is 6.56. The van der Waals surface area contributed by atoms with Crippen molar-refractivity contribution in [3.8, 4) is 0 Å². The number of unbranched alkanes of at least 4 members (excludes halogenated alkanes) is 7. The van der Waals surface area contributed by atoms with Crippen molar-refractivity contribution < 1.29 is 5.11 Å². The predicted octanol–water partition coefficient (Wildman–Crippen LogP) is 5.87. The normalized spacial score (nSPS) is 12.6. The second kappa shape index (κ2) is 9.99. The lowest BCUT2D eigenvalue weighted by Gasteiger charge is -2.12. The van der Waals surface area contributed by atoms with E-state index in [9.17, 15) is 5.11 Å². The van der Waals surface area contributed by atoms with E-state index in [1.54, 1.807) is 0 Å². The zero-order valence-corrected chi connectivity index (χ0v) is 13.6. The number of benzene rings is 1. The van der Waals surface area contributed by atoms with Gasteiger partial charge < -0.3 is 5.11 Å². The summed E-state index contributed by atoms with van der Waals surface area (Å²) >= 11 is 0. The smallest absolute Gasteiger partial charge is 0.0790 e. The molecule has 0 heterocycles. The molecule has 0 fully saturated rings. The number of rotatable bonds is 10. The highest BCUT2D eigenvalue weighted by atomic mass is 16.3. The summed E-state index contributed by atoms with van der Waals surface area (Å²) < 4.78 is 0. The zero-order valence-electron chi connectivity index (χ0n) is 13.6. The molecule has 0 radical (unpaired) electrons. The van der Waals surface area contributed by atoms with Crippen LogP contribution in [0.15, 0.2) is 18.2 Å². The Bertz CT molecular complexity index is 370. The molecule has 20 heavy (non-hydrogen) atoms. The van der Waals surface area contributed by atoms with Gasteiger partial charge in [0, 0.05) is 0 Å². The van der Waals surface area contributed by atoms with Crippen LogP contribution in [0, 0.1) is 13.8 Å². The second-order valence-corrected chi connectivity index (χ2v) is 6.12. The molecule has 1 aromatic carbocycles. The quantitative estimate of drug-likeness (QED) is 0.530. The van der Waals surface area contributed by atoms with E-state index in [-0.39, 0.29) is 6.10 Å². The third-order valence-corrected chi connectivity index (χ3v) is 4.25. The van der Waals surface area contributed by atoms with Gasteiger partial charge in [-0.05, 0) is 37.0 Å². The molecule has 1 atom stereocenters. The molecule has 1 N–H and O–H groups in total. The second-order valence-electron chi connectivity index (χ2n) is 6.12. The van der Waals surface area contributed by atoms with Crippen LogP contribution in [-0.2, 0) is 0 Å². The van der Waals surface area contributed by atoms with Crippen LogP contribution in [0.1, 0.15) is 87.5 Å². The van der Waals surface area contributed by atoms with Crippen LogP contribution in [0.25, 0.3) is 0 Å². The molecule has 0 aliphatic rings. The maximum absolute atomic E-state index is 10.2. The molecule has 0 bridgehead atoms. The first-order valence-electron chi connectivity index (χ1n) is 8.40. The van der Waals surface area contributed by atoms with Crippen molar-refractivity contribution in [1.82, 2.24) is 0 Å². The van der Waals surface area contributed by atoms with Gasteiger partial charge in [0.1, 0.15) is 0 Å². The SMILES string of the molecule is CCCCCCCCCCC(O)c1ccc(C)c(C)c1. The molecule has 0 spiro atoms. The van der Waals surface area contributed by atoms with Crippen molar-refractivity contribution in [3.63, 3.8) is 0 Å². The topological polar surface area (TPSA) is 20.2 Å². The average molecular weight is 276 g/mol. The first kappa shape index (κ1) is 17.2. The fourth-order valence-electron chi connectivity index (χ4n) is 2.61. The Morgan fingerprint density at radius 1 is 0.850 bits per heavy atom. The van der Waals surface area contributed by atoms with Crippen molar-refractivity contribution >= 4 is 0 Å². The van der Waals surface area contributed by atoms with E-state index < -0.39 is 0 Å².